The van der Waals surface area contributed by atoms with E-state index in [4.69, 9.17) is 0 Å². The van der Waals surface area contributed by atoms with Crippen LogP contribution < -0.4 is 10.2 Å². The number of carbonyl (C=O) groups excluding carboxylic acids is 2. The maximum atomic E-state index is 12.9. The number of halogens is 1. The number of rotatable bonds is 3. The molecule has 20 heavy (non-hydrogen) atoms. The highest BCUT2D eigenvalue weighted by Gasteiger charge is 2.42. The zero-order chi connectivity index (χ0) is 14.8. The van der Waals surface area contributed by atoms with Crippen LogP contribution in [0.25, 0.3) is 0 Å². The molecular weight excluding hydrogens is 320 g/mol. The van der Waals surface area contributed by atoms with E-state index in [1.54, 1.807) is 4.90 Å². The van der Waals surface area contributed by atoms with E-state index in [2.05, 4.69) is 21.2 Å². The summed E-state index contributed by atoms with van der Waals surface area (Å²) >= 11 is 3.48. The normalized spacial score (nSPS) is 18.6. The van der Waals surface area contributed by atoms with E-state index in [1.165, 1.54) is 0 Å². The minimum atomic E-state index is -0.789. The van der Waals surface area contributed by atoms with E-state index in [9.17, 15) is 9.59 Å². The largest absolute Gasteiger partial charge is 0.342 e. The van der Waals surface area contributed by atoms with Gasteiger partial charge >= 0.3 is 0 Å². The highest BCUT2D eigenvalue weighted by atomic mass is 79.9. The first-order chi connectivity index (χ1) is 9.54. The molecule has 5 heteroatoms. The van der Waals surface area contributed by atoms with Crippen LogP contribution in [-0.2, 0) is 9.59 Å². The lowest BCUT2D eigenvalue weighted by molar-refractivity contribution is -0.130. The lowest BCUT2D eigenvalue weighted by Gasteiger charge is -2.34. The van der Waals surface area contributed by atoms with Crippen LogP contribution in [0.2, 0.25) is 0 Å². The SMILES string of the molecule is CCC1(CC)NC(=O)CCN(c2ccccc2Br)C1=O. The molecule has 4 nitrogen and oxygen atoms in total. The van der Waals surface area contributed by atoms with E-state index in [1.807, 2.05) is 38.1 Å². The number of anilines is 1. The van der Waals surface area contributed by atoms with E-state index < -0.39 is 5.54 Å². The standard InChI is InChI=1S/C15H19BrN2O2/c1-3-15(4-2)14(20)18(10-9-13(19)17-15)12-8-6-5-7-11(12)16/h5-8H,3-4,9-10H2,1-2H3,(H,17,19). The fraction of sp³-hybridized carbons (Fsp3) is 0.467. The monoisotopic (exact) mass is 338 g/mol. The third kappa shape index (κ3) is 2.59. The molecule has 1 heterocycles. The second kappa shape index (κ2) is 5.95. The molecule has 1 fully saturated rings. The maximum absolute atomic E-state index is 12.9. The molecule has 1 aliphatic heterocycles. The highest BCUT2D eigenvalue weighted by molar-refractivity contribution is 9.10. The summed E-state index contributed by atoms with van der Waals surface area (Å²) in [6, 6.07) is 7.61. The van der Waals surface area contributed by atoms with E-state index >= 15 is 0 Å². The molecule has 0 atom stereocenters. The maximum Gasteiger partial charge on any atom is 0.252 e. The van der Waals surface area contributed by atoms with Gasteiger partial charge in [-0.1, -0.05) is 26.0 Å². The van der Waals surface area contributed by atoms with Gasteiger partial charge in [0.15, 0.2) is 0 Å². The van der Waals surface area contributed by atoms with Crippen molar-refractivity contribution in [3.63, 3.8) is 0 Å². The van der Waals surface area contributed by atoms with Crippen molar-refractivity contribution in [1.82, 2.24) is 5.32 Å². The summed E-state index contributed by atoms with van der Waals surface area (Å²) in [4.78, 5) is 26.6. The minimum absolute atomic E-state index is 0.0275. The Labute approximate surface area is 127 Å². The molecule has 1 aliphatic rings. The summed E-state index contributed by atoms with van der Waals surface area (Å²) in [5.74, 6) is -0.0862. The zero-order valence-corrected chi connectivity index (χ0v) is 13.4. The Kier molecular flexibility index (Phi) is 4.48. The van der Waals surface area contributed by atoms with Crippen LogP contribution >= 0.6 is 15.9 Å². The second-order valence-electron chi connectivity index (χ2n) is 5.00. The first kappa shape index (κ1) is 15.0. The van der Waals surface area contributed by atoms with Gasteiger partial charge in [-0.3, -0.25) is 9.59 Å². The summed E-state index contributed by atoms with van der Waals surface area (Å²) in [7, 11) is 0. The van der Waals surface area contributed by atoms with Crippen LogP contribution in [0, 0.1) is 0 Å². The van der Waals surface area contributed by atoms with Crippen molar-refractivity contribution in [1.29, 1.82) is 0 Å². The van der Waals surface area contributed by atoms with Gasteiger partial charge in [-0.2, -0.15) is 0 Å². The van der Waals surface area contributed by atoms with Gasteiger partial charge in [-0.15, -0.1) is 0 Å². The summed E-state index contributed by atoms with van der Waals surface area (Å²) in [6.45, 7) is 4.28. The van der Waals surface area contributed by atoms with E-state index in [-0.39, 0.29) is 11.8 Å². The fourth-order valence-corrected chi connectivity index (χ4v) is 3.08. The number of hydrogen-bond acceptors (Lipinski definition) is 2. The number of carbonyl (C=O) groups is 2. The Bertz CT molecular complexity index is 526. The van der Waals surface area contributed by atoms with Crippen molar-refractivity contribution in [3.8, 4) is 0 Å². The summed E-state index contributed by atoms with van der Waals surface area (Å²) in [5.41, 5.74) is 0.0309. The van der Waals surface area contributed by atoms with Gasteiger partial charge in [0.2, 0.25) is 5.91 Å². The zero-order valence-electron chi connectivity index (χ0n) is 11.8. The van der Waals surface area contributed by atoms with E-state index in [0.29, 0.717) is 25.8 Å². The van der Waals surface area contributed by atoms with Gasteiger partial charge in [-0.25, -0.2) is 0 Å². The molecule has 0 bridgehead atoms. The molecule has 1 N–H and O–H groups in total. The molecule has 0 saturated carbocycles. The Morgan fingerprint density at radius 2 is 1.90 bits per heavy atom. The van der Waals surface area contributed by atoms with Crippen LogP contribution in [0.15, 0.2) is 28.7 Å². The molecule has 0 spiro atoms. The molecule has 1 saturated heterocycles. The Morgan fingerprint density at radius 3 is 2.50 bits per heavy atom. The van der Waals surface area contributed by atoms with Gasteiger partial charge in [0.05, 0.1) is 5.69 Å². The molecule has 0 aromatic heterocycles. The summed E-state index contributed by atoms with van der Waals surface area (Å²) in [6.07, 6.45) is 1.51. The molecule has 2 amide bonds. The summed E-state index contributed by atoms with van der Waals surface area (Å²) < 4.78 is 0.865. The first-order valence-electron chi connectivity index (χ1n) is 6.91. The van der Waals surface area contributed by atoms with Crippen LogP contribution in [-0.4, -0.2) is 23.9 Å². The molecule has 1 aromatic carbocycles. The smallest absolute Gasteiger partial charge is 0.252 e. The number of benzene rings is 1. The number of nitrogens with one attached hydrogen (secondary N) is 1. The second-order valence-corrected chi connectivity index (χ2v) is 5.85. The van der Waals surface area contributed by atoms with Crippen molar-refractivity contribution < 1.29 is 9.59 Å². The molecule has 1 aromatic rings. The third-order valence-corrected chi connectivity index (χ3v) is 4.62. The Balaban J connectivity index is 2.46. The molecule has 0 radical (unpaired) electrons. The molecule has 0 aliphatic carbocycles. The van der Waals surface area contributed by atoms with E-state index in [0.717, 1.165) is 10.2 Å². The Hall–Kier alpha value is -1.36. The lowest BCUT2D eigenvalue weighted by atomic mass is 9.91. The quantitative estimate of drug-likeness (QED) is 0.921. The molecule has 108 valence electrons. The molecule has 0 unspecified atom stereocenters. The number of hydrogen-bond donors (Lipinski definition) is 1. The highest BCUT2D eigenvalue weighted by Crippen LogP contribution is 2.31. The number of amides is 2. The minimum Gasteiger partial charge on any atom is -0.342 e. The van der Waals surface area contributed by atoms with Crippen LogP contribution in [0.5, 0.6) is 0 Å². The van der Waals surface area contributed by atoms with Gasteiger partial charge in [-0.05, 0) is 40.9 Å². The average molecular weight is 339 g/mol. The van der Waals surface area contributed by atoms with Crippen LogP contribution in [0.1, 0.15) is 33.1 Å². The number of para-hydroxylation sites is 1. The van der Waals surface area contributed by atoms with Crippen molar-refractivity contribution in [2.75, 3.05) is 11.4 Å². The molecular formula is C15H19BrN2O2. The van der Waals surface area contributed by atoms with Crippen LogP contribution in [0.3, 0.4) is 0 Å². The van der Waals surface area contributed by atoms with Crippen molar-refractivity contribution >= 4 is 33.4 Å². The van der Waals surface area contributed by atoms with Gasteiger partial charge in [0.1, 0.15) is 5.54 Å². The Morgan fingerprint density at radius 1 is 1.25 bits per heavy atom. The number of nitrogens with zero attached hydrogens (tertiary/aromatic N) is 1. The van der Waals surface area contributed by atoms with Gasteiger partial charge in [0, 0.05) is 17.4 Å². The topological polar surface area (TPSA) is 49.4 Å². The first-order valence-corrected chi connectivity index (χ1v) is 7.71. The average Bonchev–Trinajstić information content (AvgIpc) is 2.58. The van der Waals surface area contributed by atoms with Crippen molar-refractivity contribution in [2.24, 2.45) is 0 Å². The van der Waals surface area contributed by atoms with Crippen molar-refractivity contribution in [2.45, 2.75) is 38.6 Å². The lowest BCUT2D eigenvalue weighted by Crippen LogP contribution is -2.56. The fourth-order valence-electron chi connectivity index (χ4n) is 2.59. The van der Waals surface area contributed by atoms with Crippen molar-refractivity contribution in [3.05, 3.63) is 28.7 Å². The van der Waals surface area contributed by atoms with Crippen LogP contribution in [0.4, 0.5) is 5.69 Å². The predicted molar refractivity (Wildman–Crippen MR) is 82.6 cm³/mol. The summed E-state index contributed by atoms with van der Waals surface area (Å²) in [5, 5.41) is 2.92. The third-order valence-electron chi connectivity index (χ3n) is 3.95. The molecule has 2 rings (SSSR count). The predicted octanol–water partition coefficient (Wildman–Crippen LogP) is 2.86. The van der Waals surface area contributed by atoms with Gasteiger partial charge in [0.25, 0.3) is 5.91 Å². The van der Waals surface area contributed by atoms with Gasteiger partial charge < -0.3 is 10.2 Å².